The van der Waals surface area contributed by atoms with Gasteiger partial charge in [0.1, 0.15) is 5.69 Å². The van der Waals surface area contributed by atoms with Gasteiger partial charge in [-0.1, -0.05) is 67.4 Å². The lowest BCUT2D eigenvalue weighted by Gasteiger charge is -2.14. The summed E-state index contributed by atoms with van der Waals surface area (Å²) in [6, 6.07) is 5.27. The Morgan fingerprint density at radius 1 is 1.19 bits per heavy atom. The Morgan fingerprint density at radius 2 is 1.83 bits per heavy atom. The van der Waals surface area contributed by atoms with E-state index in [0.717, 1.165) is 57.4 Å². The molecule has 0 bridgehead atoms. The number of nitrogens with zero attached hydrogens (tertiary/aromatic N) is 2. The molecule has 0 N–H and O–H groups in total. The van der Waals surface area contributed by atoms with Gasteiger partial charge in [0.25, 0.3) is 5.91 Å². The summed E-state index contributed by atoms with van der Waals surface area (Å²) in [7, 11) is 1.82. The van der Waals surface area contributed by atoms with Gasteiger partial charge in [-0.25, -0.2) is 4.98 Å². The molecular formula is C29H40Cl2N2O2S. The summed E-state index contributed by atoms with van der Waals surface area (Å²) in [6.45, 7) is 18.0. The number of carbonyl (C=O) groups excluding carboxylic acids is 2. The first-order valence-corrected chi connectivity index (χ1v) is 13.6. The predicted octanol–water partition coefficient (Wildman–Crippen LogP) is 9.13. The number of amides is 1. The van der Waals surface area contributed by atoms with Crippen LogP contribution in [0.3, 0.4) is 0 Å². The fraction of sp³-hybridized carbons (Fsp3) is 0.414. The molecule has 7 heteroatoms. The van der Waals surface area contributed by atoms with Gasteiger partial charge in [-0.05, 0) is 71.2 Å². The number of carbonyl (C=O) groups is 2. The standard InChI is InChI=1S/C10H15Cl.C10H16N2OS.C9H9ClO/c1-4-9(3)7-6-8-10(11)5-2;1-5-6-12(4)10(13)9-7(2)14-8(3)11-9;1-6-5-8(10)3-4-9(6)7(2)11/h5-7H,3-4,8H2,1-2H3;5-6H2,1-4H3;3-5H,1-2H3/b7-6-,10-5+;;. The summed E-state index contributed by atoms with van der Waals surface area (Å²) in [5.41, 5.74) is 3.44. The third kappa shape index (κ3) is 13.2. The maximum Gasteiger partial charge on any atom is 0.273 e. The first kappa shape index (κ1) is 33.8. The van der Waals surface area contributed by atoms with Crippen molar-refractivity contribution in [2.24, 2.45) is 0 Å². The first-order chi connectivity index (χ1) is 16.9. The average Bonchev–Trinajstić information content (AvgIpc) is 3.16. The second-order valence-corrected chi connectivity index (χ2v) is 10.6. The topological polar surface area (TPSA) is 50.3 Å². The van der Waals surface area contributed by atoms with Crippen LogP contribution in [0.15, 0.2) is 53.6 Å². The highest BCUT2D eigenvalue weighted by Gasteiger charge is 2.17. The number of halogens is 2. The van der Waals surface area contributed by atoms with E-state index in [4.69, 9.17) is 23.2 Å². The van der Waals surface area contributed by atoms with Crippen LogP contribution < -0.4 is 0 Å². The molecule has 1 aromatic carbocycles. The number of hydrogen-bond donors (Lipinski definition) is 0. The van der Waals surface area contributed by atoms with E-state index in [1.54, 1.807) is 41.4 Å². The normalized spacial score (nSPS) is 10.8. The number of rotatable bonds is 8. The van der Waals surface area contributed by atoms with Crippen LogP contribution in [0.1, 0.15) is 83.3 Å². The van der Waals surface area contributed by atoms with Gasteiger partial charge < -0.3 is 4.90 Å². The fourth-order valence-electron chi connectivity index (χ4n) is 2.94. The molecule has 2 aromatic rings. The van der Waals surface area contributed by atoms with Gasteiger partial charge in [0.05, 0.1) is 5.01 Å². The van der Waals surface area contributed by atoms with Crippen LogP contribution >= 0.6 is 34.5 Å². The second-order valence-electron chi connectivity index (χ2n) is 8.23. The van der Waals surface area contributed by atoms with Crippen LogP contribution in [-0.4, -0.2) is 35.2 Å². The van der Waals surface area contributed by atoms with Crippen molar-refractivity contribution in [2.45, 2.75) is 67.7 Å². The Bertz CT molecular complexity index is 1070. The monoisotopic (exact) mass is 550 g/mol. The molecular weight excluding hydrogens is 511 g/mol. The molecule has 1 aromatic heterocycles. The number of Topliss-reactive ketones (excluding diaryl/α,β-unsaturated/α-hetero) is 1. The summed E-state index contributed by atoms with van der Waals surface area (Å²) in [6.07, 6.45) is 8.76. The van der Waals surface area contributed by atoms with Crippen molar-refractivity contribution in [3.63, 3.8) is 0 Å². The Kier molecular flexibility index (Phi) is 17.0. The van der Waals surface area contributed by atoms with Crippen molar-refractivity contribution in [2.75, 3.05) is 13.6 Å². The number of allylic oxidation sites excluding steroid dienone is 5. The average molecular weight is 552 g/mol. The second kappa shape index (κ2) is 18.1. The van der Waals surface area contributed by atoms with Crippen molar-refractivity contribution in [1.82, 2.24) is 9.88 Å². The third-order valence-electron chi connectivity index (χ3n) is 5.01. The lowest BCUT2D eigenvalue weighted by molar-refractivity contribution is 0.0789. The highest BCUT2D eigenvalue weighted by Crippen LogP contribution is 2.18. The summed E-state index contributed by atoms with van der Waals surface area (Å²) < 4.78 is 0. The maximum absolute atomic E-state index is 11.8. The van der Waals surface area contributed by atoms with E-state index >= 15 is 0 Å². The van der Waals surface area contributed by atoms with Gasteiger partial charge in [-0.2, -0.15) is 0 Å². The lowest BCUT2D eigenvalue weighted by atomic mass is 10.1. The van der Waals surface area contributed by atoms with Crippen molar-refractivity contribution >= 4 is 46.2 Å². The SMILES string of the molecule is C=C(/C=C\C/C(Cl)=C\C)CC.CC(=O)c1ccc(Cl)cc1C.CCCN(C)C(=O)c1nc(C)sc1C. The Balaban J connectivity index is 0.000000517. The van der Waals surface area contributed by atoms with E-state index in [1.165, 1.54) is 0 Å². The minimum atomic E-state index is 0.0358. The van der Waals surface area contributed by atoms with Crippen molar-refractivity contribution in [3.8, 4) is 0 Å². The van der Waals surface area contributed by atoms with Crippen LogP contribution in [0, 0.1) is 20.8 Å². The molecule has 1 amide bonds. The largest absolute Gasteiger partial charge is 0.340 e. The predicted molar refractivity (Wildman–Crippen MR) is 158 cm³/mol. The van der Waals surface area contributed by atoms with Gasteiger partial charge in [0, 0.05) is 40.5 Å². The molecule has 36 heavy (non-hydrogen) atoms. The van der Waals surface area contributed by atoms with Crippen molar-refractivity contribution < 1.29 is 9.59 Å². The molecule has 0 spiro atoms. The molecule has 0 aliphatic rings. The maximum atomic E-state index is 11.8. The number of aromatic nitrogens is 1. The van der Waals surface area contributed by atoms with Crippen LogP contribution in [0.4, 0.5) is 0 Å². The van der Waals surface area contributed by atoms with Gasteiger partial charge in [0.15, 0.2) is 5.78 Å². The highest BCUT2D eigenvalue weighted by molar-refractivity contribution is 7.11. The van der Waals surface area contributed by atoms with Gasteiger partial charge in [-0.15, -0.1) is 11.3 Å². The summed E-state index contributed by atoms with van der Waals surface area (Å²) in [4.78, 5) is 29.7. The van der Waals surface area contributed by atoms with Gasteiger partial charge in [-0.3, -0.25) is 9.59 Å². The number of ketones is 1. The van der Waals surface area contributed by atoms with Gasteiger partial charge in [0.2, 0.25) is 0 Å². The third-order valence-corrected chi connectivity index (χ3v) is 6.51. The molecule has 4 nitrogen and oxygen atoms in total. The molecule has 0 atom stereocenters. The molecule has 0 unspecified atom stereocenters. The minimum absolute atomic E-state index is 0.0358. The molecule has 2 rings (SSSR count). The summed E-state index contributed by atoms with van der Waals surface area (Å²) >= 11 is 13.1. The van der Waals surface area contributed by atoms with E-state index in [2.05, 4.69) is 25.4 Å². The Hall–Kier alpha value is -2.21. The zero-order valence-corrected chi connectivity index (χ0v) is 25.2. The molecule has 1 heterocycles. The van der Waals surface area contributed by atoms with E-state index < -0.39 is 0 Å². The van der Waals surface area contributed by atoms with E-state index in [0.29, 0.717) is 10.7 Å². The minimum Gasteiger partial charge on any atom is -0.340 e. The fourth-order valence-corrected chi connectivity index (χ4v) is 4.07. The van der Waals surface area contributed by atoms with Crippen LogP contribution in [0.5, 0.6) is 0 Å². The Labute approximate surface area is 231 Å². The number of aryl methyl sites for hydroxylation is 3. The zero-order chi connectivity index (χ0) is 27.8. The smallest absolute Gasteiger partial charge is 0.273 e. The number of benzene rings is 1. The summed E-state index contributed by atoms with van der Waals surface area (Å²) in [5, 5.41) is 2.51. The van der Waals surface area contributed by atoms with Gasteiger partial charge >= 0.3 is 0 Å². The van der Waals surface area contributed by atoms with Crippen molar-refractivity contribution in [1.29, 1.82) is 0 Å². The number of hydrogen-bond acceptors (Lipinski definition) is 4. The molecule has 0 aliphatic carbocycles. The van der Waals surface area contributed by atoms with Crippen molar-refractivity contribution in [3.05, 3.63) is 85.3 Å². The van der Waals surface area contributed by atoms with E-state index in [9.17, 15) is 9.59 Å². The Morgan fingerprint density at radius 3 is 2.28 bits per heavy atom. The quantitative estimate of drug-likeness (QED) is 0.243. The molecule has 0 saturated carbocycles. The number of thiazole rings is 1. The van der Waals surface area contributed by atoms with E-state index in [1.807, 2.05) is 53.0 Å². The molecule has 0 fully saturated rings. The molecule has 0 aliphatic heterocycles. The molecule has 198 valence electrons. The van der Waals surface area contributed by atoms with Crippen LogP contribution in [0.2, 0.25) is 5.02 Å². The lowest BCUT2D eigenvalue weighted by Crippen LogP contribution is -2.28. The highest BCUT2D eigenvalue weighted by atomic mass is 35.5. The van der Waals surface area contributed by atoms with Crippen LogP contribution in [-0.2, 0) is 0 Å². The summed E-state index contributed by atoms with van der Waals surface area (Å²) in [5.74, 6) is 0.118. The van der Waals surface area contributed by atoms with Crippen LogP contribution in [0.25, 0.3) is 0 Å². The zero-order valence-electron chi connectivity index (χ0n) is 22.9. The molecule has 0 radical (unpaired) electrons. The molecule has 0 saturated heterocycles. The van der Waals surface area contributed by atoms with E-state index in [-0.39, 0.29) is 11.7 Å². The first-order valence-electron chi connectivity index (χ1n) is 12.0.